The third-order valence-corrected chi connectivity index (χ3v) is 4.72. The van der Waals surface area contributed by atoms with E-state index < -0.39 is 0 Å². The highest BCUT2D eigenvalue weighted by Gasteiger charge is 2.30. The van der Waals surface area contributed by atoms with Crippen molar-refractivity contribution in [3.05, 3.63) is 32.6 Å². The van der Waals surface area contributed by atoms with E-state index in [1.54, 1.807) is 6.20 Å². The van der Waals surface area contributed by atoms with Crippen molar-refractivity contribution in [2.24, 2.45) is 0 Å². The van der Waals surface area contributed by atoms with Crippen LogP contribution >= 0.6 is 34.2 Å². The molecule has 2 aromatic heterocycles. The molecule has 1 N–H and O–H groups in total. The fourth-order valence-electron chi connectivity index (χ4n) is 2.11. The number of nitrogens with one attached hydrogen (secondary N) is 1. The molecule has 1 fully saturated rings. The predicted octanol–water partition coefficient (Wildman–Crippen LogP) is 4.50. The van der Waals surface area contributed by atoms with Crippen LogP contribution < -0.4 is 5.32 Å². The fourth-order valence-corrected chi connectivity index (χ4v) is 3.19. The first-order valence-electron chi connectivity index (χ1n) is 7.13. The normalized spacial score (nSPS) is 14.2. The summed E-state index contributed by atoms with van der Waals surface area (Å²) in [6.45, 7) is 3.03. The summed E-state index contributed by atoms with van der Waals surface area (Å²) in [5, 5.41) is 3.97. The van der Waals surface area contributed by atoms with Crippen LogP contribution in [0.15, 0.2) is 18.3 Å². The van der Waals surface area contributed by atoms with Gasteiger partial charge in [0.15, 0.2) is 5.82 Å². The summed E-state index contributed by atoms with van der Waals surface area (Å²) in [5.74, 6) is 2.07. The third-order valence-electron chi connectivity index (χ3n) is 3.35. The van der Waals surface area contributed by atoms with Gasteiger partial charge in [-0.2, -0.15) is 0 Å². The van der Waals surface area contributed by atoms with E-state index in [2.05, 4.69) is 44.8 Å². The van der Waals surface area contributed by atoms with E-state index in [1.165, 1.54) is 12.8 Å². The molecule has 1 saturated carbocycles. The molecule has 3 rings (SSSR count). The lowest BCUT2D eigenvalue weighted by molar-refractivity contribution is 0.936. The van der Waals surface area contributed by atoms with Crippen LogP contribution in [-0.2, 0) is 0 Å². The second-order valence-electron chi connectivity index (χ2n) is 5.13. The van der Waals surface area contributed by atoms with Crippen LogP contribution in [0.2, 0.25) is 5.02 Å². The summed E-state index contributed by atoms with van der Waals surface area (Å²) in [4.78, 5) is 13.7. The molecule has 2 heterocycles. The van der Waals surface area contributed by atoms with Gasteiger partial charge in [0.05, 0.1) is 14.3 Å². The standard InChI is InChI=1S/C15H16ClIN4/c1-2-7-19-14-11(17)12(9-5-6-9)20-15(21-14)13-10(16)4-3-8-18-13/h3-4,8-9H,2,5-7H2,1H3,(H,19,20,21). The largest absolute Gasteiger partial charge is 0.369 e. The Balaban J connectivity index is 2.08. The minimum Gasteiger partial charge on any atom is -0.369 e. The highest BCUT2D eigenvalue weighted by molar-refractivity contribution is 14.1. The molecule has 0 amide bonds. The van der Waals surface area contributed by atoms with Gasteiger partial charge in [-0.1, -0.05) is 18.5 Å². The Labute approximate surface area is 142 Å². The molecule has 1 aliphatic rings. The second kappa shape index (κ2) is 6.44. The van der Waals surface area contributed by atoms with E-state index in [0.29, 0.717) is 22.5 Å². The summed E-state index contributed by atoms with van der Waals surface area (Å²) in [6.07, 6.45) is 5.18. The molecule has 0 radical (unpaired) electrons. The quantitative estimate of drug-likeness (QED) is 0.732. The maximum Gasteiger partial charge on any atom is 0.182 e. The monoisotopic (exact) mass is 414 g/mol. The molecule has 0 spiro atoms. The van der Waals surface area contributed by atoms with Crippen LogP contribution in [0.25, 0.3) is 11.5 Å². The van der Waals surface area contributed by atoms with Gasteiger partial charge in [-0.05, 0) is 54.0 Å². The van der Waals surface area contributed by atoms with Gasteiger partial charge in [-0.25, -0.2) is 9.97 Å². The minimum absolute atomic E-state index is 0.559. The van der Waals surface area contributed by atoms with Gasteiger partial charge in [-0.15, -0.1) is 0 Å². The molecule has 21 heavy (non-hydrogen) atoms. The molecular weight excluding hydrogens is 399 g/mol. The topological polar surface area (TPSA) is 50.7 Å². The SMILES string of the molecule is CCCNc1nc(-c2ncccc2Cl)nc(C2CC2)c1I. The molecule has 1 aliphatic carbocycles. The number of rotatable bonds is 5. The summed E-state index contributed by atoms with van der Waals surface area (Å²) >= 11 is 8.58. The van der Waals surface area contributed by atoms with E-state index in [1.807, 2.05) is 12.1 Å². The summed E-state index contributed by atoms with van der Waals surface area (Å²) in [5.41, 5.74) is 1.78. The Hall–Kier alpha value is -0.950. The van der Waals surface area contributed by atoms with E-state index in [4.69, 9.17) is 16.6 Å². The molecule has 0 aliphatic heterocycles. The van der Waals surface area contributed by atoms with Crippen LogP contribution in [0.5, 0.6) is 0 Å². The van der Waals surface area contributed by atoms with Crippen molar-refractivity contribution in [3.63, 3.8) is 0 Å². The van der Waals surface area contributed by atoms with Gasteiger partial charge < -0.3 is 5.32 Å². The van der Waals surface area contributed by atoms with Gasteiger partial charge >= 0.3 is 0 Å². The van der Waals surface area contributed by atoms with Crippen molar-refractivity contribution < 1.29 is 0 Å². The van der Waals surface area contributed by atoms with E-state index in [0.717, 1.165) is 28.0 Å². The van der Waals surface area contributed by atoms with Crippen LogP contribution in [0, 0.1) is 3.57 Å². The van der Waals surface area contributed by atoms with Crippen molar-refractivity contribution >= 4 is 40.0 Å². The van der Waals surface area contributed by atoms with Gasteiger partial charge in [0.25, 0.3) is 0 Å². The molecule has 2 aromatic rings. The first-order valence-corrected chi connectivity index (χ1v) is 8.58. The van der Waals surface area contributed by atoms with Crippen molar-refractivity contribution in [2.75, 3.05) is 11.9 Å². The molecule has 0 saturated heterocycles. The number of hydrogen-bond donors (Lipinski definition) is 1. The van der Waals surface area contributed by atoms with Crippen molar-refractivity contribution in [1.82, 2.24) is 15.0 Å². The number of nitrogens with zero attached hydrogens (tertiary/aromatic N) is 3. The lowest BCUT2D eigenvalue weighted by Gasteiger charge is -2.12. The summed E-state index contributed by atoms with van der Waals surface area (Å²) < 4.78 is 1.12. The van der Waals surface area contributed by atoms with Crippen LogP contribution in [-0.4, -0.2) is 21.5 Å². The summed E-state index contributed by atoms with van der Waals surface area (Å²) in [6, 6.07) is 3.64. The smallest absolute Gasteiger partial charge is 0.182 e. The van der Waals surface area contributed by atoms with Crippen LogP contribution in [0.3, 0.4) is 0 Å². The minimum atomic E-state index is 0.559. The van der Waals surface area contributed by atoms with Crippen molar-refractivity contribution in [2.45, 2.75) is 32.1 Å². The highest BCUT2D eigenvalue weighted by atomic mass is 127. The zero-order chi connectivity index (χ0) is 14.8. The van der Waals surface area contributed by atoms with Gasteiger partial charge in [-0.3, -0.25) is 4.98 Å². The third kappa shape index (κ3) is 3.29. The average Bonchev–Trinajstić information content (AvgIpc) is 3.31. The molecule has 0 atom stereocenters. The second-order valence-corrected chi connectivity index (χ2v) is 6.62. The summed E-state index contributed by atoms with van der Waals surface area (Å²) in [7, 11) is 0. The first-order chi connectivity index (χ1) is 10.2. The molecule has 6 heteroatoms. The Morgan fingerprint density at radius 1 is 1.38 bits per heavy atom. The molecule has 0 unspecified atom stereocenters. The Morgan fingerprint density at radius 3 is 2.86 bits per heavy atom. The zero-order valence-electron chi connectivity index (χ0n) is 11.7. The number of aromatic nitrogens is 3. The van der Waals surface area contributed by atoms with E-state index in [9.17, 15) is 0 Å². The highest BCUT2D eigenvalue weighted by Crippen LogP contribution is 2.43. The van der Waals surface area contributed by atoms with Crippen molar-refractivity contribution in [1.29, 1.82) is 0 Å². The molecular formula is C15H16ClIN4. The van der Waals surface area contributed by atoms with Gasteiger partial charge in [0.2, 0.25) is 0 Å². The maximum atomic E-state index is 6.24. The predicted molar refractivity (Wildman–Crippen MR) is 93.7 cm³/mol. The fraction of sp³-hybridized carbons (Fsp3) is 0.400. The van der Waals surface area contributed by atoms with E-state index >= 15 is 0 Å². The average molecular weight is 415 g/mol. The number of anilines is 1. The lowest BCUT2D eigenvalue weighted by Crippen LogP contribution is -2.09. The van der Waals surface area contributed by atoms with Gasteiger partial charge in [0, 0.05) is 18.7 Å². The Kier molecular flexibility index (Phi) is 4.59. The maximum absolute atomic E-state index is 6.24. The molecule has 0 bridgehead atoms. The number of pyridine rings is 1. The Bertz CT molecular complexity index is 658. The van der Waals surface area contributed by atoms with E-state index in [-0.39, 0.29) is 0 Å². The number of halogens is 2. The van der Waals surface area contributed by atoms with Crippen LogP contribution in [0.1, 0.15) is 37.8 Å². The first kappa shape index (κ1) is 15.0. The van der Waals surface area contributed by atoms with Gasteiger partial charge in [0.1, 0.15) is 11.5 Å². The van der Waals surface area contributed by atoms with Crippen molar-refractivity contribution in [3.8, 4) is 11.5 Å². The van der Waals surface area contributed by atoms with Crippen LogP contribution in [0.4, 0.5) is 5.82 Å². The molecule has 4 nitrogen and oxygen atoms in total. The number of hydrogen-bond acceptors (Lipinski definition) is 4. The lowest BCUT2D eigenvalue weighted by atomic mass is 10.2. The zero-order valence-corrected chi connectivity index (χ0v) is 14.6. The molecule has 110 valence electrons. The molecule has 0 aromatic carbocycles. The Morgan fingerprint density at radius 2 is 2.19 bits per heavy atom.